The number of carbonyl (C=O) groups is 1. The Bertz CT molecular complexity index is 1110. The number of rotatable bonds is 6. The quantitative estimate of drug-likeness (QED) is 0.388. The third-order valence-corrected chi connectivity index (χ3v) is 5.47. The highest BCUT2D eigenvalue weighted by molar-refractivity contribution is 9.10. The summed E-state index contributed by atoms with van der Waals surface area (Å²) in [7, 11) is 0. The number of pyridine rings is 1. The molecule has 3 aromatic rings. The lowest BCUT2D eigenvalue weighted by Gasteiger charge is -2.35. The summed E-state index contributed by atoms with van der Waals surface area (Å²) in [4.78, 5) is 40.1. The second-order valence-electron chi connectivity index (χ2n) is 6.90. The molecule has 32 heavy (non-hydrogen) atoms. The zero-order valence-corrected chi connectivity index (χ0v) is 18.4. The minimum atomic E-state index is -0.547. The molecule has 4 rings (SSSR count). The van der Waals surface area contributed by atoms with Crippen LogP contribution in [0.1, 0.15) is 10.4 Å². The van der Waals surface area contributed by atoms with Crippen molar-refractivity contribution in [3.05, 3.63) is 75.1 Å². The molecular formula is C20H19BrN8O3. The Hall–Kier alpha value is -3.80. The topological polar surface area (TPSA) is 129 Å². The van der Waals surface area contributed by atoms with Crippen molar-refractivity contribution < 1.29 is 9.72 Å². The summed E-state index contributed by atoms with van der Waals surface area (Å²) in [6.45, 7) is 2.33. The third kappa shape index (κ3) is 4.75. The average molecular weight is 499 g/mol. The number of hydrogen-bond donors (Lipinski definition) is 2. The first-order valence-corrected chi connectivity index (χ1v) is 10.5. The molecule has 12 heteroatoms. The maximum absolute atomic E-state index is 12.3. The molecular weight excluding hydrogens is 480 g/mol. The predicted octanol–water partition coefficient (Wildman–Crippen LogP) is 2.63. The molecule has 0 radical (unpaired) electrons. The Balaban J connectivity index is 1.48. The van der Waals surface area contributed by atoms with Crippen LogP contribution in [0.25, 0.3) is 0 Å². The molecule has 1 aliphatic rings. The van der Waals surface area contributed by atoms with E-state index >= 15 is 0 Å². The highest BCUT2D eigenvalue weighted by Crippen LogP contribution is 2.32. The Kier molecular flexibility index (Phi) is 6.40. The summed E-state index contributed by atoms with van der Waals surface area (Å²) in [5.74, 6) is 0.530. The Morgan fingerprint density at radius 1 is 1.00 bits per heavy atom. The number of hydrogen-bond acceptors (Lipinski definition) is 9. The zero-order valence-electron chi connectivity index (χ0n) is 16.8. The molecule has 3 heterocycles. The highest BCUT2D eigenvalue weighted by Gasteiger charge is 2.29. The number of nitrogens with one attached hydrogen (secondary N) is 2. The lowest BCUT2D eigenvalue weighted by atomic mass is 10.2. The van der Waals surface area contributed by atoms with Crippen molar-refractivity contribution in [2.24, 2.45) is 0 Å². The van der Waals surface area contributed by atoms with Crippen LogP contribution >= 0.6 is 15.9 Å². The largest absolute Gasteiger partial charge is 0.355 e. The lowest BCUT2D eigenvalue weighted by Crippen LogP contribution is -2.47. The van der Waals surface area contributed by atoms with E-state index in [9.17, 15) is 14.9 Å². The van der Waals surface area contributed by atoms with Gasteiger partial charge in [0.15, 0.2) is 0 Å². The number of anilines is 3. The van der Waals surface area contributed by atoms with Crippen LogP contribution in [0.5, 0.6) is 0 Å². The summed E-state index contributed by atoms with van der Waals surface area (Å²) in [5.41, 5.74) is 5.12. The van der Waals surface area contributed by atoms with Crippen LogP contribution in [0, 0.1) is 10.1 Å². The molecule has 0 atom stereocenters. The minimum absolute atomic E-state index is 0.0855. The van der Waals surface area contributed by atoms with Gasteiger partial charge in [0.2, 0.25) is 11.6 Å². The number of carbonyl (C=O) groups excluding carboxylic acids is 1. The van der Waals surface area contributed by atoms with Gasteiger partial charge in [0.25, 0.3) is 5.91 Å². The normalized spacial score (nSPS) is 13.5. The Morgan fingerprint density at radius 3 is 2.38 bits per heavy atom. The number of benzene rings is 1. The number of nitro groups is 1. The summed E-state index contributed by atoms with van der Waals surface area (Å²) < 4.78 is 0.834. The number of piperazine rings is 1. The van der Waals surface area contributed by atoms with Crippen molar-refractivity contribution in [1.29, 1.82) is 0 Å². The Morgan fingerprint density at radius 2 is 1.72 bits per heavy atom. The third-order valence-electron chi connectivity index (χ3n) is 4.94. The number of nitrogens with zero attached hydrogens (tertiary/aromatic N) is 6. The summed E-state index contributed by atoms with van der Waals surface area (Å²) in [6, 6.07) is 12.4. The van der Waals surface area contributed by atoms with Crippen LogP contribution in [0.3, 0.4) is 0 Å². The summed E-state index contributed by atoms with van der Waals surface area (Å²) >= 11 is 3.31. The number of hydrazine groups is 1. The first kappa shape index (κ1) is 21.4. The summed E-state index contributed by atoms with van der Waals surface area (Å²) in [5, 5.41) is 11.8. The van der Waals surface area contributed by atoms with E-state index < -0.39 is 10.8 Å². The van der Waals surface area contributed by atoms with Crippen molar-refractivity contribution in [2.75, 3.05) is 41.4 Å². The van der Waals surface area contributed by atoms with E-state index in [4.69, 9.17) is 0 Å². The number of aromatic nitrogens is 3. The highest BCUT2D eigenvalue weighted by atomic mass is 79.9. The SMILES string of the molecule is O=C(NNc1ncnc(N2CCN(c3ccccn3)CC2)c1[N+](=O)[O-])c1ccc(Br)cc1. The van der Waals surface area contributed by atoms with Gasteiger partial charge < -0.3 is 9.80 Å². The van der Waals surface area contributed by atoms with Crippen molar-refractivity contribution in [1.82, 2.24) is 20.4 Å². The fourth-order valence-corrected chi connectivity index (χ4v) is 3.60. The maximum Gasteiger partial charge on any atom is 0.355 e. The van der Waals surface area contributed by atoms with E-state index in [-0.39, 0.29) is 17.3 Å². The summed E-state index contributed by atoms with van der Waals surface area (Å²) in [6.07, 6.45) is 2.97. The van der Waals surface area contributed by atoms with Gasteiger partial charge in [-0.1, -0.05) is 22.0 Å². The van der Waals surface area contributed by atoms with Crippen molar-refractivity contribution in [2.45, 2.75) is 0 Å². The molecule has 1 aromatic carbocycles. The van der Waals surface area contributed by atoms with Gasteiger partial charge in [-0.2, -0.15) is 0 Å². The smallest absolute Gasteiger partial charge is 0.353 e. The monoisotopic (exact) mass is 498 g/mol. The molecule has 1 amide bonds. The van der Waals surface area contributed by atoms with Gasteiger partial charge in [-0.15, -0.1) is 0 Å². The van der Waals surface area contributed by atoms with Crippen LogP contribution < -0.4 is 20.7 Å². The van der Waals surface area contributed by atoms with Gasteiger partial charge in [0.05, 0.1) is 4.92 Å². The van der Waals surface area contributed by atoms with E-state index in [0.29, 0.717) is 31.7 Å². The van der Waals surface area contributed by atoms with Crippen molar-refractivity contribution >= 4 is 45.0 Å². The Labute approximate surface area is 191 Å². The molecule has 0 bridgehead atoms. The van der Waals surface area contributed by atoms with Crippen LogP contribution in [0.2, 0.25) is 0 Å². The molecule has 1 fully saturated rings. The second kappa shape index (κ2) is 9.56. The van der Waals surface area contributed by atoms with Gasteiger partial charge in [0, 0.05) is 42.4 Å². The maximum atomic E-state index is 12.3. The van der Waals surface area contributed by atoms with Crippen LogP contribution in [0.15, 0.2) is 59.5 Å². The fraction of sp³-hybridized carbons (Fsp3) is 0.200. The van der Waals surface area contributed by atoms with Crippen molar-refractivity contribution in [3.63, 3.8) is 0 Å². The van der Waals surface area contributed by atoms with Gasteiger partial charge in [-0.25, -0.2) is 15.0 Å². The molecule has 1 aliphatic heterocycles. The molecule has 2 aromatic heterocycles. The molecule has 0 spiro atoms. The van der Waals surface area contributed by atoms with Crippen molar-refractivity contribution in [3.8, 4) is 0 Å². The van der Waals surface area contributed by atoms with Crippen LogP contribution in [-0.4, -0.2) is 52.0 Å². The van der Waals surface area contributed by atoms with Crippen LogP contribution in [0.4, 0.5) is 23.1 Å². The van der Waals surface area contributed by atoms with E-state index in [1.165, 1.54) is 6.33 Å². The second-order valence-corrected chi connectivity index (χ2v) is 7.82. The zero-order chi connectivity index (χ0) is 22.5. The average Bonchev–Trinajstić information content (AvgIpc) is 2.83. The first-order valence-electron chi connectivity index (χ1n) is 9.75. The van der Waals surface area contributed by atoms with E-state index in [1.54, 1.807) is 30.5 Å². The molecule has 0 unspecified atom stereocenters. The van der Waals surface area contributed by atoms with E-state index in [2.05, 4.69) is 46.6 Å². The fourth-order valence-electron chi connectivity index (χ4n) is 3.34. The number of halogens is 1. The molecule has 164 valence electrons. The van der Waals surface area contributed by atoms with Gasteiger partial charge in [0.1, 0.15) is 12.1 Å². The van der Waals surface area contributed by atoms with E-state index in [0.717, 1.165) is 10.3 Å². The molecule has 0 saturated carbocycles. The molecule has 0 aliphatic carbocycles. The van der Waals surface area contributed by atoms with Gasteiger partial charge in [-0.05, 0) is 36.4 Å². The minimum Gasteiger partial charge on any atom is -0.353 e. The van der Waals surface area contributed by atoms with E-state index in [1.807, 2.05) is 23.1 Å². The molecule has 2 N–H and O–H groups in total. The first-order chi connectivity index (χ1) is 15.5. The molecule has 11 nitrogen and oxygen atoms in total. The lowest BCUT2D eigenvalue weighted by molar-refractivity contribution is -0.383. The molecule has 1 saturated heterocycles. The number of amides is 1. The van der Waals surface area contributed by atoms with Crippen LogP contribution in [-0.2, 0) is 0 Å². The van der Waals surface area contributed by atoms with Gasteiger partial charge >= 0.3 is 5.69 Å². The predicted molar refractivity (Wildman–Crippen MR) is 123 cm³/mol. The van der Waals surface area contributed by atoms with Gasteiger partial charge in [-0.3, -0.25) is 25.8 Å². The standard InChI is InChI=1S/C20H19BrN8O3/c21-15-6-4-14(5-7-15)20(30)26-25-18-17(29(31)32)19(24-13-23-18)28-11-9-27(10-12-28)16-3-1-2-8-22-16/h1-8,13H,9-12H2,(H,26,30)(H,23,24,25).